The van der Waals surface area contributed by atoms with Crippen LogP contribution in [0.1, 0.15) is 18.9 Å². The maximum Gasteiger partial charge on any atom is 0.123 e. The van der Waals surface area contributed by atoms with Gasteiger partial charge in [-0.3, -0.25) is 0 Å². The maximum atomic E-state index is 12.9. The van der Waals surface area contributed by atoms with Gasteiger partial charge in [-0.05, 0) is 30.0 Å². The van der Waals surface area contributed by atoms with Crippen molar-refractivity contribution in [2.75, 3.05) is 0 Å². The molecule has 0 amide bonds. The zero-order valence-corrected chi connectivity index (χ0v) is 7.42. The van der Waals surface area contributed by atoms with Crippen LogP contribution in [-0.4, -0.2) is 0 Å². The summed E-state index contributed by atoms with van der Waals surface area (Å²) in [5.41, 5.74) is 0.421. The number of hydrogen-bond donors (Lipinski definition) is 0. The second-order valence-electron chi connectivity index (χ2n) is 3.70. The third-order valence-electron chi connectivity index (χ3n) is 2.85. The van der Waals surface area contributed by atoms with Gasteiger partial charge in [0.2, 0.25) is 0 Å². The van der Waals surface area contributed by atoms with Gasteiger partial charge in [0, 0.05) is 0 Å². The Kier molecular flexibility index (Phi) is 1.63. The van der Waals surface area contributed by atoms with Gasteiger partial charge in [0.25, 0.3) is 0 Å². The zero-order valence-electron chi connectivity index (χ0n) is 7.42. The smallest absolute Gasteiger partial charge is 0.123 e. The first-order valence-electron chi connectivity index (χ1n) is 4.36. The summed E-state index contributed by atoms with van der Waals surface area (Å²) in [7, 11) is 0. The summed E-state index contributed by atoms with van der Waals surface area (Å²) in [6.45, 7) is 2.02. The Balaban J connectivity index is 2.42. The lowest BCUT2D eigenvalue weighted by Gasteiger charge is -2.06. The zero-order chi connectivity index (χ0) is 9.47. The molecule has 1 aromatic carbocycles. The van der Waals surface area contributed by atoms with Crippen LogP contribution < -0.4 is 0 Å². The summed E-state index contributed by atoms with van der Waals surface area (Å²) in [6, 6.07) is 8.64. The van der Waals surface area contributed by atoms with Crippen molar-refractivity contribution in [1.29, 1.82) is 5.26 Å². The van der Waals surface area contributed by atoms with Gasteiger partial charge in [-0.15, -0.1) is 0 Å². The summed E-state index contributed by atoms with van der Waals surface area (Å²) in [4.78, 5) is 0. The molecular formula is C11H10FN. The molecule has 0 radical (unpaired) electrons. The standard InChI is InChI=1S/C11H10FN/c1-8-6-11(8,7-13)9-3-2-4-10(12)5-9/h2-5,8H,6H2,1H3. The molecule has 2 atom stereocenters. The van der Waals surface area contributed by atoms with Gasteiger partial charge in [-0.2, -0.15) is 5.26 Å². The van der Waals surface area contributed by atoms with E-state index in [0.717, 1.165) is 12.0 Å². The molecule has 0 aliphatic heterocycles. The van der Waals surface area contributed by atoms with Crippen molar-refractivity contribution in [2.24, 2.45) is 5.92 Å². The van der Waals surface area contributed by atoms with Gasteiger partial charge >= 0.3 is 0 Å². The summed E-state index contributed by atoms with van der Waals surface area (Å²) in [5.74, 6) is 0.102. The number of nitrogens with zero attached hydrogens (tertiary/aromatic N) is 1. The van der Waals surface area contributed by atoms with Gasteiger partial charge in [0.05, 0.1) is 11.5 Å². The first-order chi connectivity index (χ1) is 6.19. The van der Waals surface area contributed by atoms with Crippen LogP contribution >= 0.6 is 0 Å². The summed E-state index contributed by atoms with van der Waals surface area (Å²) in [6.07, 6.45) is 0.854. The van der Waals surface area contributed by atoms with Crippen LogP contribution in [0.3, 0.4) is 0 Å². The monoisotopic (exact) mass is 175 g/mol. The number of nitriles is 1. The van der Waals surface area contributed by atoms with E-state index in [1.165, 1.54) is 12.1 Å². The van der Waals surface area contributed by atoms with Crippen LogP contribution in [0.15, 0.2) is 24.3 Å². The minimum Gasteiger partial charge on any atom is -0.207 e. The van der Waals surface area contributed by atoms with Crippen LogP contribution in [0.25, 0.3) is 0 Å². The average molecular weight is 175 g/mol. The van der Waals surface area contributed by atoms with Crippen molar-refractivity contribution in [3.8, 4) is 6.07 Å². The van der Waals surface area contributed by atoms with Crippen LogP contribution in [0, 0.1) is 23.1 Å². The first kappa shape index (κ1) is 8.25. The van der Waals surface area contributed by atoms with Gasteiger partial charge in [0.15, 0.2) is 0 Å². The topological polar surface area (TPSA) is 23.8 Å². The van der Waals surface area contributed by atoms with Crippen molar-refractivity contribution in [2.45, 2.75) is 18.8 Å². The normalized spacial score (nSPS) is 31.0. The molecule has 1 nitrogen and oxygen atoms in total. The molecule has 1 aromatic rings. The molecule has 13 heavy (non-hydrogen) atoms. The lowest BCUT2D eigenvalue weighted by atomic mass is 9.95. The van der Waals surface area contributed by atoms with Crippen molar-refractivity contribution < 1.29 is 4.39 Å². The second-order valence-corrected chi connectivity index (χ2v) is 3.70. The Labute approximate surface area is 76.8 Å². The molecule has 0 bridgehead atoms. The molecule has 0 heterocycles. The number of halogens is 1. The third-order valence-corrected chi connectivity index (χ3v) is 2.85. The van der Waals surface area contributed by atoms with E-state index in [1.54, 1.807) is 6.07 Å². The minimum atomic E-state index is -0.401. The van der Waals surface area contributed by atoms with Gasteiger partial charge in [0.1, 0.15) is 5.82 Å². The van der Waals surface area contributed by atoms with Crippen molar-refractivity contribution in [1.82, 2.24) is 0 Å². The fourth-order valence-corrected chi connectivity index (χ4v) is 1.81. The minimum absolute atomic E-state index is 0.258. The highest BCUT2D eigenvalue weighted by atomic mass is 19.1. The van der Waals surface area contributed by atoms with Crippen molar-refractivity contribution in [3.63, 3.8) is 0 Å². The van der Waals surface area contributed by atoms with Crippen LogP contribution in [0.2, 0.25) is 0 Å². The van der Waals surface area contributed by atoms with E-state index in [-0.39, 0.29) is 5.82 Å². The Morgan fingerprint density at radius 1 is 1.62 bits per heavy atom. The highest BCUT2D eigenvalue weighted by molar-refractivity contribution is 5.40. The van der Waals surface area contributed by atoms with E-state index in [0.29, 0.717) is 5.92 Å². The molecule has 1 saturated carbocycles. The molecule has 2 rings (SSSR count). The summed E-state index contributed by atoms with van der Waals surface area (Å²) >= 11 is 0. The Morgan fingerprint density at radius 2 is 2.31 bits per heavy atom. The van der Waals surface area contributed by atoms with Gasteiger partial charge in [-0.1, -0.05) is 19.1 Å². The van der Waals surface area contributed by atoms with Crippen LogP contribution in [0.5, 0.6) is 0 Å². The molecule has 2 unspecified atom stereocenters. The molecule has 1 fully saturated rings. The second kappa shape index (κ2) is 2.56. The number of hydrogen-bond acceptors (Lipinski definition) is 1. The van der Waals surface area contributed by atoms with Crippen LogP contribution in [-0.2, 0) is 5.41 Å². The summed E-state index contributed by atoms with van der Waals surface area (Å²) in [5, 5.41) is 9.00. The number of benzene rings is 1. The third kappa shape index (κ3) is 1.12. The van der Waals surface area contributed by atoms with Crippen molar-refractivity contribution in [3.05, 3.63) is 35.6 Å². The lowest BCUT2D eigenvalue weighted by molar-refractivity contribution is 0.622. The predicted octanol–water partition coefficient (Wildman–Crippen LogP) is 2.63. The molecule has 0 saturated heterocycles. The summed E-state index contributed by atoms with van der Waals surface area (Å²) < 4.78 is 12.9. The fraction of sp³-hybridized carbons (Fsp3) is 0.364. The van der Waals surface area contributed by atoms with Crippen molar-refractivity contribution >= 4 is 0 Å². The number of rotatable bonds is 1. The van der Waals surface area contributed by atoms with E-state index in [9.17, 15) is 4.39 Å². The largest absolute Gasteiger partial charge is 0.207 e. The molecular weight excluding hydrogens is 165 g/mol. The molecule has 1 aliphatic carbocycles. The molecule has 1 aliphatic rings. The van der Waals surface area contributed by atoms with Gasteiger partial charge < -0.3 is 0 Å². The molecule has 0 aromatic heterocycles. The quantitative estimate of drug-likeness (QED) is 0.643. The Morgan fingerprint density at radius 3 is 2.77 bits per heavy atom. The molecule has 66 valence electrons. The van der Waals surface area contributed by atoms with E-state index < -0.39 is 5.41 Å². The van der Waals surface area contributed by atoms with Gasteiger partial charge in [-0.25, -0.2) is 4.39 Å². The highest BCUT2D eigenvalue weighted by Gasteiger charge is 2.53. The fourth-order valence-electron chi connectivity index (χ4n) is 1.81. The van der Waals surface area contributed by atoms with E-state index in [1.807, 2.05) is 13.0 Å². The Hall–Kier alpha value is -1.36. The van der Waals surface area contributed by atoms with Crippen LogP contribution in [0.4, 0.5) is 4.39 Å². The average Bonchev–Trinajstić information content (AvgIpc) is 2.78. The maximum absolute atomic E-state index is 12.9. The van der Waals surface area contributed by atoms with E-state index >= 15 is 0 Å². The SMILES string of the molecule is CC1CC1(C#N)c1cccc(F)c1. The lowest BCUT2D eigenvalue weighted by Crippen LogP contribution is -2.05. The first-order valence-corrected chi connectivity index (χ1v) is 4.36. The van der Waals surface area contributed by atoms with E-state index in [2.05, 4.69) is 6.07 Å². The predicted molar refractivity (Wildman–Crippen MR) is 47.5 cm³/mol. The Bertz CT molecular complexity index is 380. The molecule has 2 heteroatoms. The molecule has 0 N–H and O–H groups in total. The molecule has 0 spiro atoms. The van der Waals surface area contributed by atoms with E-state index in [4.69, 9.17) is 5.26 Å². The highest BCUT2D eigenvalue weighted by Crippen LogP contribution is 2.53.